The van der Waals surface area contributed by atoms with Crippen LogP contribution in [0.15, 0.2) is 60.7 Å². The van der Waals surface area contributed by atoms with Crippen molar-refractivity contribution >= 4 is 16.7 Å². The molecule has 28 heavy (non-hydrogen) atoms. The Bertz CT molecular complexity index is 973. The summed E-state index contributed by atoms with van der Waals surface area (Å²) >= 11 is 0. The summed E-state index contributed by atoms with van der Waals surface area (Å²) in [5.41, 5.74) is 2.85. The average Bonchev–Trinajstić information content (AvgIpc) is 3.25. The average molecular weight is 375 g/mol. The van der Waals surface area contributed by atoms with E-state index in [4.69, 9.17) is 9.47 Å². The first kappa shape index (κ1) is 18.5. The van der Waals surface area contributed by atoms with E-state index in [1.54, 1.807) is 19.0 Å². The van der Waals surface area contributed by atoms with Crippen LogP contribution in [-0.2, 0) is 4.74 Å². The Morgan fingerprint density at radius 1 is 1.11 bits per heavy atom. The summed E-state index contributed by atoms with van der Waals surface area (Å²) in [6.07, 6.45) is 2.35. The summed E-state index contributed by atoms with van der Waals surface area (Å²) in [7, 11) is 3.53. The molecule has 1 atom stereocenters. The number of amides is 1. The number of carbonyl (C=O) groups excluding carboxylic acids is 1. The summed E-state index contributed by atoms with van der Waals surface area (Å²) < 4.78 is 11.7. The third kappa shape index (κ3) is 3.87. The number of rotatable bonds is 5. The van der Waals surface area contributed by atoms with E-state index in [1.807, 2.05) is 36.4 Å². The normalized spacial score (nSPS) is 16.3. The number of carbonyl (C=O) groups is 1. The zero-order valence-electron chi connectivity index (χ0n) is 16.4. The van der Waals surface area contributed by atoms with Crippen LogP contribution < -0.4 is 4.74 Å². The predicted molar refractivity (Wildman–Crippen MR) is 112 cm³/mol. The van der Waals surface area contributed by atoms with Gasteiger partial charge in [-0.2, -0.15) is 0 Å². The molecule has 0 aromatic heterocycles. The molecule has 4 nitrogen and oxygen atoms in total. The Kier molecular flexibility index (Phi) is 5.31. The van der Waals surface area contributed by atoms with E-state index in [-0.39, 0.29) is 12.0 Å². The predicted octanol–water partition coefficient (Wildman–Crippen LogP) is 4.77. The van der Waals surface area contributed by atoms with E-state index < -0.39 is 0 Å². The standard InChI is InChI=1S/C24H25NO3/c1-25(2)24(26)18-11-9-17(10-12-18)23-15-21(28-16-20-7-5-13-27-20)14-19-6-3-4-8-22(19)23/h3-4,6,8-12,14-15,20H,5,7,13,16H2,1-2H3. The lowest BCUT2D eigenvalue weighted by molar-refractivity contribution is 0.0680. The number of nitrogens with zero attached hydrogens (tertiary/aromatic N) is 1. The third-order valence-corrected chi connectivity index (χ3v) is 5.14. The zero-order valence-corrected chi connectivity index (χ0v) is 16.4. The van der Waals surface area contributed by atoms with Gasteiger partial charge in [0, 0.05) is 26.3 Å². The highest BCUT2D eigenvalue weighted by Crippen LogP contribution is 2.33. The second kappa shape index (κ2) is 8.03. The fraction of sp³-hybridized carbons (Fsp3) is 0.292. The molecule has 4 rings (SSSR count). The molecule has 1 unspecified atom stereocenters. The maximum Gasteiger partial charge on any atom is 0.253 e. The monoisotopic (exact) mass is 375 g/mol. The van der Waals surface area contributed by atoms with Crippen molar-refractivity contribution in [2.75, 3.05) is 27.3 Å². The van der Waals surface area contributed by atoms with E-state index in [2.05, 4.69) is 24.3 Å². The van der Waals surface area contributed by atoms with Crippen molar-refractivity contribution in [2.45, 2.75) is 18.9 Å². The van der Waals surface area contributed by atoms with Crippen LogP contribution in [0.2, 0.25) is 0 Å². The Balaban J connectivity index is 1.67. The van der Waals surface area contributed by atoms with Gasteiger partial charge in [-0.1, -0.05) is 36.4 Å². The van der Waals surface area contributed by atoms with Crippen molar-refractivity contribution in [3.63, 3.8) is 0 Å². The van der Waals surface area contributed by atoms with Crippen LogP contribution in [0.25, 0.3) is 21.9 Å². The van der Waals surface area contributed by atoms with Gasteiger partial charge in [-0.3, -0.25) is 4.79 Å². The Morgan fingerprint density at radius 2 is 1.89 bits per heavy atom. The van der Waals surface area contributed by atoms with Gasteiger partial charge in [0.05, 0.1) is 6.10 Å². The van der Waals surface area contributed by atoms with Crippen molar-refractivity contribution in [3.8, 4) is 16.9 Å². The molecule has 1 fully saturated rings. The minimum absolute atomic E-state index is 0.00468. The van der Waals surface area contributed by atoms with Gasteiger partial charge in [0.15, 0.2) is 0 Å². The summed E-state index contributed by atoms with van der Waals surface area (Å²) in [6, 6.07) is 20.2. The second-order valence-electron chi connectivity index (χ2n) is 7.41. The van der Waals surface area contributed by atoms with Gasteiger partial charge < -0.3 is 14.4 Å². The molecule has 1 aliphatic heterocycles. The van der Waals surface area contributed by atoms with Gasteiger partial charge in [-0.05, 0) is 59.0 Å². The van der Waals surface area contributed by atoms with Gasteiger partial charge in [-0.15, -0.1) is 0 Å². The highest BCUT2D eigenvalue weighted by atomic mass is 16.5. The van der Waals surface area contributed by atoms with Gasteiger partial charge in [-0.25, -0.2) is 0 Å². The lowest BCUT2D eigenvalue weighted by atomic mass is 9.97. The Labute approximate surface area is 165 Å². The van der Waals surface area contributed by atoms with Crippen molar-refractivity contribution in [3.05, 3.63) is 66.2 Å². The Hall–Kier alpha value is -2.85. The largest absolute Gasteiger partial charge is 0.491 e. The number of hydrogen-bond donors (Lipinski definition) is 0. The number of benzene rings is 3. The molecule has 0 spiro atoms. The van der Waals surface area contributed by atoms with Crippen LogP contribution in [-0.4, -0.2) is 44.2 Å². The van der Waals surface area contributed by atoms with Crippen molar-refractivity contribution < 1.29 is 14.3 Å². The molecule has 3 aromatic rings. The lowest BCUT2D eigenvalue weighted by Crippen LogP contribution is -2.21. The van der Waals surface area contributed by atoms with Crippen LogP contribution >= 0.6 is 0 Å². The van der Waals surface area contributed by atoms with E-state index in [0.717, 1.165) is 41.7 Å². The molecule has 1 amide bonds. The third-order valence-electron chi connectivity index (χ3n) is 5.14. The van der Waals surface area contributed by atoms with Gasteiger partial charge in [0.2, 0.25) is 0 Å². The van der Waals surface area contributed by atoms with Crippen LogP contribution in [0.1, 0.15) is 23.2 Å². The second-order valence-corrected chi connectivity index (χ2v) is 7.41. The first-order chi connectivity index (χ1) is 13.6. The fourth-order valence-corrected chi connectivity index (χ4v) is 3.62. The number of ether oxygens (including phenoxy) is 2. The molecule has 0 N–H and O–H groups in total. The topological polar surface area (TPSA) is 38.8 Å². The fourth-order valence-electron chi connectivity index (χ4n) is 3.62. The summed E-state index contributed by atoms with van der Waals surface area (Å²) in [6.45, 7) is 1.41. The molecular weight excluding hydrogens is 350 g/mol. The van der Waals surface area contributed by atoms with E-state index in [0.29, 0.717) is 12.2 Å². The summed E-state index contributed by atoms with van der Waals surface area (Å²) in [5, 5.41) is 2.30. The van der Waals surface area contributed by atoms with E-state index in [9.17, 15) is 4.79 Å². The van der Waals surface area contributed by atoms with Gasteiger partial charge in [0.1, 0.15) is 12.4 Å². The molecule has 0 saturated carbocycles. The molecule has 1 saturated heterocycles. The highest BCUT2D eigenvalue weighted by molar-refractivity contribution is 5.99. The first-order valence-electron chi connectivity index (χ1n) is 9.71. The van der Waals surface area contributed by atoms with Gasteiger partial charge >= 0.3 is 0 Å². The Morgan fingerprint density at radius 3 is 2.61 bits per heavy atom. The molecule has 0 aliphatic carbocycles. The SMILES string of the molecule is CN(C)C(=O)c1ccc(-c2cc(OCC3CCCO3)cc3ccccc23)cc1. The quantitative estimate of drug-likeness (QED) is 0.645. The van der Waals surface area contributed by atoms with E-state index >= 15 is 0 Å². The highest BCUT2D eigenvalue weighted by Gasteiger charge is 2.17. The van der Waals surface area contributed by atoms with Crippen molar-refractivity contribution in [1.82, 2.24) is 4.90 Å². The molecule has 0 bridgehead atoms. The maximum atomic E-state index is 12.2. The van der Waals surface area contributed by atoms with Crippen LogP contribution in [0.4, 0.5) is 0 Å². The maximum absolute atomic E-state index is 12.2. The van der Waals surface area contributed by atoms with Crippen LogP contribution in [0.3, 0.4) is 0 Å². The molecule has 3 aromatic carbocycles. The van der Waals surface area contributed by atoms with E-state index in [1.165, 1.54) is 5.39 Å². The first-order valence-corrected chi connectivity index (χ1v) is 9.71. The molecule has 0 radical (unpaired) electrons. The van der Waals surface area contributed by atoms with Crippen molar-refractivity contribution in [1.29, 1.82) is 0 Å². The zero-order chi connectivity index (χ0) is 19.5. The summed E-state index contributed by atoms with van der Waals surface area (Å²) in [4.78, 5) is 13.8. The van der Waals surface area contributed by atoms with Crippen molar-refractivity contribution in [2.24, 2.45) is 0 Å². The molecular formula is C24H25NO3. The molecule has 4 heteroatoms. The van der Waals surface area contributed by atoms with Crippen LogP contribution in [0, 0.1) is 0 Å². The summed E-state index contributed by atoms with van der Waals surface area (Å²) in [5.74, 6) is 0.850. The minimum atomic E-state index is 0.00468. The molecule has 1 aliphatic rings. The minimum Gasteiger partial charge on any atom is -0.491 e. The lowest BCUT2D eigenvalue weighted by Gasteiger charge is -2.15. The van der Waals surface area contributed by atoms with Gasteiger partial charge in [0.25, 0.3) is 5.91 Å². The molecule has 144 valence electrons. The number of hydrogen-bond acceptors (Lipinski definition) is 3. The number of fused-ring (bicyclic) bond motifs is 1. The smallest absolute Gasteiger partial charge is 0.253 e. The molecule has 1 heterocycles. The van der Waals surface area contributed by atoms with Crippen LogP contribution in [0.5, 0.6) is 5.75 Å².